The summed E-state index contributed by atoms with van der Waals surface area (Å²) < 4.78 is 4.98. The van der Waals surface area contributed by atoms with Gasteiger partial charge in [-0.05, 0) is 24.7 Å². The Labute approximate surface area is 120 Å². The lowest BCUT2D eigenvalue weighted by atomic mass is 9.85. The maximum Gasteiger partial charge on any atom is 0.319 e. The van der Waals surface area contributed by atoms with Gasteiger partial charge in [-0.3, -0.25) is 4.79 Å². The number of ether oxygens (including phenoxy) is 1. The van der Waals surface area contributed by atoms with E-state index in [0.717, 1.165) is 19.4 Å². The topological polar surface area (TPSA) is 70.1 Å². The number of piperidine rings is 1. The normalized spacial score (nSPS) is 20.6. The number of urea groups is 1. The molecule has 2 atom stereocenters. The molecule has 0 aromatic rings. The number of aliphatic carboxylic acids is 1. The van der Waals surface area contributed by atoms with Crippen LogP contribution in [0.4, 0.5) is 4.79 Å². The van der Waals surface area contributed by atoms with Gasteiger partial charge in [0.15, 0.2) is 0 Å². The Morgan fingerprint density at radius 1 is 1.50 bits per heavy atom. The highest BCUT2D eigenvalue weighted by Gasteiger charge is 2.29. The quantitative estimate of drug-likeness (QED) is 0.803. The second kappa shape index (κ2) is 8.09. The molecule has 0 aromatic carbocycles. The molecule has 2 unspecified atom stereocenters. The summed E-state index contributed by atoms with van der Waals surface area (Å²) in [5, 5.41) is 8.87. The molecule has 1 N–H and O–H groups in total. The minimum absolute atomic E-state index is 0.00859. The van der Waals surface area contributed by atoms with Gasteiger partial charge in [0.25, 0.3) is 0 Å². The number of nitrogens with zero attached hydrogens (tertiary/aromatic N) is 2. The van der Waals surface area contributed by atoms with E-state index in [-0.39, 0.29) is 24.3 Å². The Kier molecular flexibility index (Phi) is 6.78. The maximum atomic E-state index is 12.3. The van der Waals surface area contributed by atoms with Crippen molar-refractivity contribution in [3.05, 3.63) is 0 Å². The fourth-order valence-corrected chi connectivity index (χ4v) is 2.66. The molecule has 1 aliphatic heterocycles. The van der Waals surface area contributed by atoms with E-state index >= 15 is 0 Å². The van der Waals surface area contributed by atoms with Crippen molar-refractivity contribution in [3.63, 3.8) is 0 Å². The van der Waals surface area contributed by atoms with E-state index in [0.29, 0.717) is 19.7 Å². The number of likely N-dealkylation sites (tertiary alicyclic amines) is 1. The van der Waals surface area contributed by atoms with Gasteiger partial charge in [0, 0.05) is 40.2 Å². The molecule has 0 spiro atoms. The van der Waals surface area contributed by atoms with Crippen LogP contribution >= 0.6 is 0 Å². The average molecular weight is 286 g/mol. The summed E-state index contributed by atoms with van der Waals surface area (Å²) in [5.74, 6) is -0.384. The minimum atomic E-state index is -0.766. The molecule has 1 aliphatic rings. The van der Waals surface area contributed by atoms with Gasteiger partial charge in [0.05, 0.1) is 6.61 Å². The molecule has 0 aromatic heterocycles. The van der Waals surface area contributed by atoms with Gasteiger partial charge in [0.2, 0.25) is 0 Å². The molecule has 6 nitrogen and oxygen atoms in total. The molecule has 2 amide bonds. The lowest BCUT2D eigenvalue weighted by Gasteiger charge is -2.37. The number of carboxylic acids is 1. The van der Waals surface area contributed by atoms with Crippen molar-refractivity contribution in [2.24, 2.45) is 11.8 Å². The van der Waals surface area contributed by atoms with E-state index in [2.05, 4.69) is 0 Å². The van der Waals surface area contributed by atoms with Crippen molar-refractivity contribution < 1.29 is 19.4 Å². The molecular formula is C14H26N2O4. The number of carboxylic acid groups (broad SMARTS) is 1. The number of methoxy groups -OCH3 is 1. The van der Waals surface area contributed by atoms with Crippen LogP contribution in [-0.2, 0) is 9.53 Å². The van der Waals surface area contributed by atoms with Gasteiger partial charge >= 0.3 is 12.0 Å². The second-order valence-electron chi connectivity index (χ2n) is 5.62. The van der Waals surface area contributed by atoms with Crippen LogP contribution in [0.25, 0.3) is 0 Å². The lowest BCUT2D eigenvalue weighted by Crippen LogP contribution is -2.48. The van der Waals surface area contributed by atoms with E-state index in [1.165, 1.54) is 0 Å². The zero-order chi connectivity index (χ0) is 15.1. The highest BCUT2D eigenvalue weighted by atomic mass is 16.5. The van der Waals surface area contributed by atoms with Gasteiger partial charge in [-0.1, -0.05) is 6.92 Å². The van der Waals surface area contributed by atoms with E-state index in [9.17, 15) is 9.59 Å². The van der Waals surface area contributed by atoms with Crippen molar-refractivity contribution in [1.29, 1.82) is 0 Å². The third-order valence-corrected chi connectivity index (χ3v) is 3.99. The van der Waals surface area contributed by atoms with E-state index in [1.807, 2.05) is 11.8 Å². The first kappa shape index (κ1) is 16.8. The molecule has 1 rings (SSSR count). The summed E-state index contributed by atoms with van der Waals surface area (Å²) in [7, 11) is 3.38. The smallest absolute Gasteiger partial charge is 0.319 e. The minimum Gasteiger partial charge on any atom is -0.481 e. The molecule has 0 saturated carbocycles. The van der Waals surface area contributed by atoms with Gasteiger partial charge in [-0.2, -0.15) is 0 Å². The molecule has 1 heterocycles. The standard InChI is InChI=1S/C14H26N2O4/c1-11(9-13(17)18)12-5-4-6-16(10-12)14(19)15(2)7-8-20-3/h11-12H,4-10H2,1-3H3,(H,17,18). The van der Waals surface area contributed by atoms with Gasteiger partial charge in [-0.25, -0.2) is 4.79 Å². The highest BCUT2D eigenvalue weighted by molar-refractivity contribution is 5.74. The fourth-order valence-electron chi connectivity index (χ4n) is 2.66. The van der Waals surface area contributed by atoms with E-state index in [1.54, 1.807) is 19.1 Å². The molecule has 1 fully saturated rings. The molecule has 1 saturated heterocycles. The Hall–Kier alpha value is -1.30. The van der Waals surface area contributed by atoms with E-state index < -0.39 is 5.97 Å². The van der Waals surface area contributed by atoms with E-state index in [4.69, 9.17) is 9.84 Å². The van der Waals surface area contributed by atoms with Crippen molar-refractivity contribution in [2.75, 3.05) is 40.4 Å². The molecular weight excluding hydrogens is 260 g/mol. The molecule has 0 bridgehead atoms. The second-order valence-corrected chi connectivity index (χ2v) is 5.62. The summed E-state index contributed by atoms with van der Waals surface area (Å²) >= 11 is 0. The van der Waals surface area contributed by atoms with Gasteiger partial charge < -0.3 is 19.6 Å². The van der Waals surface area contributed by atoms with Gasteiger partial charge in [0.1, 0.15) is 0 Å². The third kappa shape index (κ3) is 5.00. The summed E-state index contributed by atoms with van der Waals surface area (Å²) in [4.78, 5) is 26.6. The summed E-state index contributed by atoms with van der Waals surface area (Å²) in [6.07, 6.45) is 2.12. The Bertz CT molecular complexity index is 335. The third-order valence-electron chi connectivity index (χ3n) is 3.99. The molecule has 20 heavy (non-hydrogen) atoms. The zero-order valence-electron chi connectivity index (χ0n) is 12.7. The Morgan fingerprint density at radius 2 is 2.20 bits per heavy atom. The number of carbonyl (C=O) groups excluding carboxylic acids is 1. The summed E-state index contributed by atoms with van der Waals surface area (Å²) in [6, 6.07) is 0.00859. The SMILES string of the molecule is COCCN(C)C(=O)N1CCCC(C(C)CC(=O)O)C1. The molecule has 0 radical (unpaired) electrons. The van der Waals surface area contributed by atoms with Crippen LogP contribution in [0, 0.1) is 11.8 Å². The molecule has 0 aliphatic carbocycles. The van der Waals surface area contributed by atoms with Crippen molar-refractivity contribution in [3.8, 4) is 0 Å². The predicted octanol–water partition coefficient (Wildman–Crippen LogP) is 1.51. The zero-order valence-corrected chi connectivity index (χ0v) is 12.7. The van der Waals surface area contributed by atoms with Crippen LogP contribution in [0.3, 0.4) is 0 Å². The Balaban J connectivity index is 2.51. The van der Waals surface area contributed by atoms with Crippen LogP contribution in [0.2, 0.25) is 0 Å². The van der Waals surface area contributed by atoms with Crippen LogP contribution in [-0.4, -0.2) is 67.3 Å². The number of carbonyl (C=O) groups is 2. The highest BCUT2D eigenvalue weighted by Crippen LogP contribution is 2.26. The molecule has 6 heteroatoms. The summed E-state index contributed by atoms with van der Waals surface area (Å²) in [6.45, 7) is 4.47. The lowest BCUT2D eigenvalue weighted by molar-refractivity contribution is -0.138. The Morgan fingerprint density at radius 3 is 2.80 bits per heavy atom. The largest absolute Gasteiger partial charge is 0.481 e. The first-order valence-electron chi connectivity index (χ1n) is 7.16. The van der Waals surface area contributed by atoms with Crippen molar-refractivity contribution in [2.45, 2.75) is 26.2 Å². The first-order valence-corrected chi connectivity index (χ1v) is 7.16. The van der Waals surface area contributed by atoms with Gasteiger partial charge in [-0.15, -0.1) is 0 Å². The van der Waals surface area contributed by atoms with Crippen LogP contribution in [0.1, 0.15) is 26.2 Å². The van der Waals surface area contributed by atoms with Crippen LogP contribution in [0.5, 0.6) is 0 Å². The number of rotatable bonds is 6. The maximum absolute atomic E-state index is 12.3. The van der Waals surface area contributed by atoms with Crippen LogP contribution < -0.4 is 0 Å². The first-order chi connectivity index (χ1) is 9.45. The number of amides is 2. The monoisotopic (exact) mass is 286 g/mol. The van der Waals surface area contributed by atoms with Crippen molar-refractivity contribution >= 4 is 12.0 Å². The van der Waals surface area contributed by atoms with Crippen molar-refractivity contribution in [1.82, 2.24) is 9.80 Å². The number of likely N-dealkylation sites (N-methyl/N-ethyl adjacent to an activating group) is 1. The average Bonchev–Trinajstić information content (AvgIpc) is 2.43. The summed E-state index contributed by atoms with van der Waals surface area (Å²) in [5.41, 5.74) is 0. The molecule has 116 valence electrons. The van der Waals surface area contributed by atoms with Crippen LogP contribution in [0.15, 0.2) is 0 Å². The predicted molar refractivity (Wildman–Crippen MR) is 75.6 cm³/mol. The number of hydrogen-bond donors (Lipinski definition) is 1. The number of hydrogen-bond acceptors (Lipinski definition) is 3. The fraction of sp³-hybridized carbons (Fsp3) is 0.857.